The number of rotatable bonds is 17. The van der Waals surface area contributed by atoms with Gasteiger partial charge in [0.15, 0.2) is 0 Å². The maximum absolute atomic E-state index is 13.7. The number of methoxy groups -OCH3 is 2. The van der Waals surface area contributed by atoms with Crippen molar-refractivity contribution in [2.75, 3.05) is 32.7 Å². The molecule has 0 aliphatic heterocycles. The summed E-state index contributed by atoms with van der Waals surface area (Å²) in [5.74, 6) is -2.46. The average Bonchev–Trinajstić information content (AvgIpc) is 3.52. The van der Waals surface area contributed by atoms with Crippen molar-refractivity contribution < 1.29 is 43.0 Å². The fourth-order valence-electron chi connectivity index (χ4n) is 6.63. The zero-order chi connectivity index (χ0) is 40.0. The lowest BCUT2D eigenvalue weighted by Crippen LogP contribution is -2.50. The van der Waals surface area contributed by atoms with Gasteiger partial charge in [0, 0.05) is 44.3 Å². The molecule has 0 spiro atoms. The van der Waals surface area contributed by atoms with Crippen molar-refractivity contribution in [3.05, 3.63) is 114 Å². The number of ether oxygens (including phenoxy) is 3. The Balaban J connectivity index is 1.25. The molecule has 56 heavy (non-hydrogen) atoms. The summed E-state index contributed by atoms with van der Waals surface area (Å²) in [7, 11) is 2.45. The molecule has 0 aromatic heterocycles. The lowest BCUT2D eigenvalue weighted by Gasteiger charge is -2.21. The van der Waals surface area contributed by atoms with Gasteiger partial charge in [0.05, 0.1) is 14.2 Å². The summed E-state index contributed by atoms with van der Waals surface area (Å²) in [6.45, 7) is 1.47. The second kappa shape index (κ2) is 19.7. The summed E-state index contributed by atoms with van der Waals surface area (Å²) in [5, 5.41) is 10.9. The number of carbonyl (C=O) groups excluding carboxylic acids is 6. The molecule has 292 valence electrons. The van der Waals surface area contributed by atoms with E-state index in [1.54, 1.807) is 0 Å². The van der Waals surface area contributed by atoms with E-state index in [1.165, 1.54) is 21.1 Å². The molecular weight excluding hydrogens is 716 g/mol. The molecule has 0 saturated carbocycles. The van der Waals surface area contributed by atoms with Gasteiger partial charge in [-0.1, -0.05) is 84.9 Å². The fraction of sp³-hybridized carbons (Fsp3) is 0.302. The number of benzene rings is 4. The summed E-state index contributed by atoms with van der Waals surface area (Å²) < 4.78 is 15.2. The molecule has 0 saturated heterocycles. The van der Waals surface area contributed by atoms with E-state index in [0.717, 1.165) is 38.9 Å². The second-order valence-electron chi connectivity index (χ2n) is 13.3. The maximum Gasteiger partial charge on any atom is 0.407 e. The summed E-state index contributed by atoms with van der Waals surface area (Å²) >= 11 is 0. The van der Waals surface area contributed by atoms with Gasteiger partial charge in [0.1, 0.15) is 18.7 Å². The van der Waals surface area contributed by atoms with E-state index < -0.39 is 41.9 Å². The van der Waals surface area contributed by atoms with Crippen molar-refractivity contribution in [2.24, 2.45) is 0 Å². The normalized spacial score (nSPS) is 12.6. The lowest BCUT2D eigenvalue weighted by molar-refractivity contribution is -0.145. The molecule has 0 heterocycles. The third-order valence-corrected chi connectivity index (χ3v) is 9.45. The number of anilines is 1. The van der Waals surface area contributed by atoms with E-state index in [-0.39, 0.29) is 57.1 Å². The largest absolute Gasteiger partial charge is 0.469 e. The predicted molar refractivity (Wildman–Crippen MR) is 209 cm³/mol. The van der Waals surface area contributed by atoms with Gasteiger partial charge in [-0.3, -0.25) is 19.2 Å². The molecule has 1 aliphatic rings. The van der Waals surface area contributed by atoms with Gasteiger partial charge in [-0.2, -0.15) is 0 Å². The van der Waals surface area contributed by atoms with Gasteiger partial charge in [0.2, 0.25) is 17.7 Å². The van der Waals surface area contributed by atoms with E-state index in [2.05, 4.69) is 26.0 Å². The number of esters is 2. The minimum Gasteiger partial charge on any atom is -0.469 e. The Morgan fingerprint density at radius 1 is 0.696 bits per heavy atom. The van der Waals surface area contributed by atoms with Crippen LogP contribution in [0.3, 0.4) is 0 Å². The zero-order valence-electron chi connectivity index (χ0n) is 31.6. The topological polar surface area (TPSA) is 178 Å². The predicted octanol–water partition coefficient (Wildman–Crippen LogP) is 5.27. The molecule has 2 atom stereocenters. The van der Waals surface area contributed by atoms with Crippen LogP contribution in [0.15, 0.2) is 97.1 Å². The Morgan fingerprint density at radius 2 is 1.30 bits per heavy atom. The van der Waals surface area contributed by atoms with Crippen LogP contribution >= 0.6 is 0 Å². The first kappa shape index (κ1) is 40.7. The molecule has 0 unspecified atom stereocenters. The third kappa shape index (κ3) is 11.0. The smallest absolute Gasteiger partial charge is 0.407 e. The van der Waals surface area contributed by atoms with E-state index in [0.29, 0.717) is 5.69 Å². The van der Waals surface area contributed by atoms with Crippen molar-refractivity contribution >= 4 is 41.4 Å². The molecule has 4 aromatic carbocycles. The molecule has 0 fully saturated rings. The van der Waals surface area contributed by atoms with E-state index in [9.17, 15) is 28.8 Å². The molecule has 5 rings (SSSR count). The highest BCUT2D eigenvalue weighted by atomic mass is 16.5. The number of amides is 4. The van der Waals surface area contributed by atoms with Crippen molar-refractivity contribution in [1.29, 1.82) is 0 Å². The molecule has 4 amide bonds. The zero-order valence-corrected chi connectivity index (χ0v) is 31.6. The minimum atomic E-state index is -1.06. The number of alkyl carbamates (subject to hydrolysis) is 1. The highest BCUT2D eigenvalue weighted by Crippen LogP contribution is 2.44. The summed E-state index contributed by atoms with van der Waals surface area (Å²) in [5.41, 5.74) is 7.56. The first-order chi connectivity index (χ1) is 27.1. The van der Waals surface area contributed by atoms with Crippen molar-refractivity contribution in [3.63, 3.8) is 0 Å². The number of fused-ring (bicyclic) bond motifs is 3. The van der Waals surface area contributed by atoms with Gasteiger partial charge in [0.25, 0.3) is 0 Å². The molecule has 13 heteroatoms. The average molecular weight is 763 g/mol. The highest BCUT2D eigenvalue weighted by Gasteiger charge is 2.30. The van der Waals surface area contributed by atoms with E-state index >= 15 is 0 Å². The second-order valence-corrected chi connectivity index (χ2v) is 13.3. The van der Waals surface area contributed by atoms with Crippen LogP contribution in [0.25, 0.3) is 22.3 Å². The summed E-state index contributed by atoms with van der Waals surface area (Å²) in [6, 6.07) is 28.8. The molecule has 4 aromatic rings. The van der Waals surface area contributed by atoms with Crippen LogP contribution in [0.4, 0.5) is 10.5 Å². The molecule has 1 aliphatic carbocycles. The van der Waals surface area contributed by atoms with Crippen LogP contribution in [0.1, 0.15) is 55.2 Å². The summed E-state index contributed by atoms with van der Waals surface area (Å²) in [4.78, 5) is 74.8. The van der Waals surface area contributed by atoms with Crippen molar-refractivity contribution in [3.8, 4) is 22.3 Å². The van der Waals surface area contributed by atoms with Crippen LogP contribution in [-0.4, -0.2) is 75.2 Å². The van der Waals surface area contributed by atoms with E-state index in [4.69, 9.17) is 9.47 Å². The Hall–Kier alpha value is -6.50. The first-order valence-corrected chi connectivity index (χ1v) is 18.4. The highest BCUT2D eigenvalue weighted by molar-refractivity contribution is 5.89. The monoisotopic (exact) mass is 762 g/mol. The van der Waals surface area contributed by atoms with Crippen LogP contribution < -0.4 is 21.3 Å². The summed E-state index contributed by atoms with van der Waals surface area (Å²) in [6.07, 6.45) is -0.366. The SMILES string of the molecule is COC(=O)CCCC(=O)N[C@H](CCNC(=O)[C@@H](Cc1ccc(-c2ccc(NC(C)=O)cc2)cc1)NC(=O)OCC1c2ccccc2-c2ccccc21)C(=O)OC. The van der Waals surface area contributed by atoms with Gasteiger partial charge in [-0.05, 0) is 63.9 Å². The molecule has 4 N–H and O–H groups in total. The Labute approximate surface area is 325 Å². The van der Waals surface area contributed by atoms with Crippen LogP contribution in [0, 0.1) is 0 Å². The van der Waals surface area contributed by atoms with Gasteiger partial charge in [-0.25, -0.2) is 9.59 Å². The van der Waals surface area contributed by atoms with Crippen molar-refractivity contribution in [2.45, 2.75) is 57.0 Å². The van der Waals surface area contributed by atoms with Gasteiger partial charge < -0.3 is 35.5 Å². The standard InChI is InChI=1S/C43H46N4O9/c1-27(48)45-31-21-19-30(20-22-31)29-17-15-28(16-18-29)25-38(41(51)44-24-23-37(42(52)55-3)46-39(49)13-8-14-40(50)54-2)47-43(53)56-26-36-34-11-6-4-9-32(34)33-10-5-7-12-35(33)36/h4-7,9-12,15-22,36-38H,8,13-14,23-26H2,1-3H3,(H,44,51)(H,45,48)(H,46,49)(H,47,53)/t37-,38-/m1/s1. The third-order valence-electron chi connectivity index (χ3n) is 9.45. The van der Waals surface area contributed by atoms with Crippen LogP contribution in [0.2, 0.25) is 0 Å². The Bertz CT molecular complexity index is 1990. The first-order valence-electron chi connectivity index (χ1n) is 18.4. The van der Waals surface area contributed by atoms with Gasteiger partial charge in [-0.15, -0.1) is 0 Å². The Kier molecular flexibility index (Phi) is 14.3. The van der Waals surface area contributed by atoms with Crippen LogP contribution in [0.5, 0.6) is 0 Å². The maximum atomic E-state index is 13.7. The number of hydrogen-bond donors (Lipinski definition) is 4. The quantitative estimate of drug-likeness (QED) is 0.0825. The number of hydrogen-bond acceptors (Lipinski definition) is 9. The molecule has 0 radical (unpaired) electrons. The minimum absolute atomic E-state index is 0.00818. The number of nitrogens with one attached hydrogen (secondary N) is 4. The molecule has 0 bridgehead atoms. The number of carbonyl (C=O) groups is 6. The molecular formula is C43H46N4O9. The van der Waals surface area contributed by atoms with Gasteiger partial charge >= 0.3 is 18.0 Å². The Morgan fingerprint density at radius 3 is 1.89 bits per heavy atom. The van der Waals surface area contributed by atoms with E-state index in [1.807, 2.05) is 97.1 Å². The lowest BCUT2D eigenvalue weighted by atomic mass is 9.98. The van der Waals surface area contributed by atoms with Crippen molar-refractivity contribution in [1.82, 2.24) is 16.0 Å². The molecule has 13 nitrogen and oxygen atoms in total. The van der Waals surface area contributed by atoms with Crippen LogP contribution in [-0.2, 0) is 44.6 Å². The fourth-order valence-corrected chi connectivity index (χ4v) is 6.63.